The molecule has 0 radical (unpaired) electrons. The van der Waals surface area contributed by atoms with Crippen LogP contribution in [0.5, 0.6) is 11.5 Å². The fourth-order valence-electron chi connectivity index (χ4n) is 3.99. The smallest absolute Gasteiger partial charge is 0.260 e. The molecule has 6 nitrogen and oxygen atoms in total. The summed E-state index contributed by atoms with van der Waals surface area (Å²) < 4.78 is 24.1. The normalized spacial score (nSPS) is 20.3. The third kappa shape index (κ3) is 5.16. The number of hydrogen-bond donors (Lipinski definition) is 0. The van der Waals surface area contributed by atoms with Crippen molar-refractivity contribution in [2.75, 3.05) is 39.4 Å². The predicted molar refractivity (Wildman–Crippen MR) is 114 cm³/mol. The first-order valence-corrected chi connectivity index (χ1v) is 10.7. The van der Waals surface area contributed by atoms with Crippen LogP contribution in [0.1, 0.15) is 24.8 Å². The van der Waals surface area contributed by atoms with Gasteiger partial charge in [-0.25, -0.2) is 4.39 Å². The summed E-state index contributed by atoms with van der Waals surface area (Å²) in [6, 6.07) is 13.6. The Hall–Kier alpha value is -3.09. The van der Waals surface area contributed by atoms with Gasteiger partial charge in [0.25, 0.3) is 5.91 Å². The molecule has 0 bridgehead atoms. The monoisotopic (exact) mass is 426 g/mol. The van der Waals surface area contributed by atoms with E-state index in [0.717, 1.165) is 17.7 Å². The number of hydrogen-bond acceptors (Lipinski definition) is 4. The molecule has 1 saturated heterocycles. The minimum absolute atomic E-state index is 0.0306. The highest BCUT2D eigenvalue weighted by Gasteiger charge is 2.46. The first-order chi connectivity index (χ1) is 15.0. The van der Waals surface area contributed by atoms with Crippen molar-refractivity contribution in [3.8, 4) is 11.5 Å². The Kier molecular flexibility index (Phi) is 6.39. The van der Waals surface area contributed by atoms with Gasteiger partial charge >= 0.3 is 0 Å². The van der Waals surface area contributed by atoms with E-state index < -0.39 is 0 Å². The van der Waals surface area contributed by atoms with Crippen LogP contribution in [0, 0.1) is 11.7 Å². The summed E-state index contributed by atoms with van der Waals surface area (Å²) in [6.45, 7) is 4.56. The lowest BCUT2D eigenvalue weighted by Crippen LogP contribution is -2.52. The van der Waals surface area contributed by atoms with Gasteiger partial charge in [0, 0.05) is 32.1 Å². The first-order valence-electron chi connectivity index (χ1n) is 10.7. The van der Waals surface area contributed by atoms with Gasteiger partial charge < -0.3 is 19.3 Å². The summed E-state index contributed by atoms with van der Waals surface area (Å²) >= 11 is 0. The van der Waals surface area contributed by atoms with Gasteiger partial charge in [0.1, 0.15) is 17.3 Å². The molecule has 2 fully saturated rings. The van der Waals surface area contributed by atoms with E-state index in [2.05, 4.69) is 0 Å². The number of nitrogens with zero attached hydrogens (tertiary/aromatic N) is 2. The molecule has 2 aromatic rings. The van der Waals surface area contributed by atoms with Crippen LogP contribution in [0.25, 0.3) is 0 Å². The van der Waals surface area contributed by atoms with Crippen molar-refractivity contribution >= 4 is 11.8 Å². The second kappa shape index (κ2) is 9.37. The van der Waals surface area contributed by atoms with Crippen LogP contribution >= 0.6 is 0 Å². The molecule has 4 rings (SSSR count). The Morgan fingerprint density at radius 2 is 1.48 bits per heavy atom. The Morgan fingerprint density at radius 1 is 0.903 bits per heavy atom. The lowest BCUT2D eigenvalue weighted by atomic mass is 10.1. The molecular weight excluding hydrogens is 399 g/mol. The van der Waals surface area contributed by atoms with Gasteiger partial charge in [0.15, 0.2) is 6.61 Å². The van der Waals surface area contributed by atoms with Crippen LogP contribution in [0.15, 0.2) is 48.5 Å². The quantitative estimate of drug-likeness (QED) is 0.683. The second-order valence-corrected chi connectivity index (χ2v) is 7.90. The number of rotatable bonds is 7. The number of amides is 2. The largest absolute Gasteiger partial charge is 0.494 e. The van der Waals surface area contributed by atoms with Crippen molar-refractivity contribution in [1.29, 1.82) is 0 Å². The standard InChI is InChI=1S/C24H27FN2O4/c1-2-30-19-7-9-20(10-8-19)31-16-23(28)26-11-13-27(14-12-26)24(29)22-15-21(22)17-3-5-18(25)6-4-17/h3-10,21-22H,2,11-16H2,1H3. The Morgan fingerprint density at radius 3 is 2.10 bits per heavy atom. The molecule has 2 atom stereocenters. The van der Waals surface area contributed by atoms with E-state index in [4.69, 9.17) is 9.47 Å². The lowest BCUT2D eigenvalue weighted by molar-refractivity contribution is -0.141. The fraction of sp³-hybridized carbons (Fsp3) is 0.417. The molecule has 31 heavy (non-hydrogen) atoms. The van der Waals surface area contributed by atoms with Crippen molar-refractivity contribution in [2.24, 2.45) is 5.92 Å². The molecule has 1 saturated carbocycles. The van der Waals surface area contributed by atoms with Crippen molar-refractivity contribution in [3.63, 3.8) is 0 Å². The minimum atomic E-state index is -0.264. The maximum Gasteiger partial charge on any atom is 0.260 e. The molecule has 0 spiro atoms. The van der Waals surface area contributed by atoms with Crippen LogP contribution in [0.4, 0.5) is 4.39 Å². The van der Waals surface area contributed by atoms with Gasteiger partial charge in [0.2, 0.25) is 5.91 Å². The lowest BCUT2D eigenvalue weighted by Gasteiger charge is -2.35. The SMILES string of the molecule is CCOc1ccc(OCC(=O)N2CCN(C(=O)C3CC3c3ccc(F)cc3)CC2)cc1. The number of carbonyl (C=O) groups is 2. The van der Waals surface area contributed by atoms with Gasteiger partial charge in [0.05, 0.1) is 6.61 Å². The maximum absolute atomic E-state index is 13.1. The van der Waals surface area contributed by atoms with Gasteiger partial charge in [-0.1, -0.05) is 12.1 Å². The molecule has 2 aromatic carbocycles. The number of benzene rings is 2. The van der Waals surface area contributed by atoms with Gasteiger partial charge in [-0.15, -0.1) is 0 Å². The van der Waals surface area contributed by atoms with E-state index in [9.17, 15) is 14.0 Å². The molecule has 164 valence electrons. The summed E-state index contributed by atoms with van der Waals surface area (Å²) in [6.07, 6.45) is 0.805. The molecule has 0 N–H and O–H groups in total. The summed E-state index contributed by atoms with van der Waals surface area (Å²) in [5.41, 5.74) is 1.01. The van der Waals surface area contributed by atoms with E-state index in [0.29, 0.717) is 38.5 Å². The maximum atomic E-state index is 13.1. The van der Waals surface area contributed by atoms with Gasteiger partial charge in [-0.3, -0.25) is 9.59 Å². The summed E-state index contributed by atoms with van der Waals surface area (Å²) in [5.74, 6) is 1.31. The first kappa shape index (κ1) is 21.2. The molecular formula is C24H27FN2O4. The van der Waals surface area contributed by atoms with Crippen LogP contribution in [0.3, 0.4) is 0 Å². The van der Waals surface area contributed by atoms with Crippen molar-refractivity contribution in [2.45, 2.75) is 19.3 Å². The van der Waals surface area contributed by atoms with Crippen molar-refractivity contribution in [1.82, 2.24) is 9.80 Å². The van der Waals surface area contributed by atoms with E-state index in [1.54, 1.807) is 29.2 Å². The van der Waals surface area contributed by atoms with E-state index in [1.165, 1.54) is 12.1 Å². The fourth-order valence-corrected chi connectivity index (χ4v) is 3.99. The van der Waals surface area contributed by atoms with Crippen LogP contribution in [-0.2, 0) is 9.59 Å². The molecule has 1 aliphatic heterocycles. The highest BCUT2D eigenvalue weighted by molar-refractivity contribution is 5.83. The molecule has 7 heteroatoms. The van der Waals surface area contributed by atoms with E-state index in [1.807, 2.05) is 24.0 Å². The highest BCUT2D eigenvalue weighted by atomic mass is 19.1. The summed E-state index contributed by atoms with van der Waals surface area (Å²) in [5, 5.41) is 0. The Labute approximate surface area is 181 Å². The number of carbonyl (C=O) groups excluding carboxylic acids is 2. The van der Waals surface area contributed by atoms with Gasteiger partial charge in [-0.2, -0.15) is 0 Å². The van der Waals surface area contributed by atoms with E-state index in [-0.39, 0.29) is 36.1 Å². The molecule has 1 aliphatic carbocycles. The predicted octanol–water partition coefficient (Wildman–Crippen LogP) is 3.08. The Balaban J connectivity index is 1.21. The zero-order chi connectivity index (χ0) is 21.8. The minimum Gasteiger partial charge on any atom is -0.494 e. The average molecular weight is 426 g/mol. The van der Waals surface area contributed by atoms with Crippen molar-refractivity contribution in [3.05, 3.63) is 59.9 Å². The van der Waals surface area contributed by atoms with Crippen LogP contribution in [-0.4, -0.2) is 61.0 Å². The zero-order valence-corrected chi connectivity index (χ0v) is 17.6. The summed E-state index contributed by atoms with van der Waals surface area (Å²) in [4.78, 5) is 28.8. The van der Waals surface area contributed by atoms with Gasteiger partial charge in [-0.05, 0) is 61.2 Å². The Bertz CT molecular complexity index is 908. The van der Waals surface area contributed by atoms with Crippen molar-refractivity contribution < 1.29 is 23.5 Å². The number of halogens is 1. The topological polar surface area (TPSA) is 59.1 Å². The van der Waals surface area contributed by atoms with Crippen LogP contribution in [0.2, 0.25) is 0 Å². The molecule has 2 amide bonds. The summed E-state index contributed by atoms with van der Waals surface area (Å²) in [7, 11) is 0. The molecule has 2 aliphatic rings. The zero-order valence-electron chi connectivity index (χ0n) is 17.6. The molecule has 1 heterocycles. The van der Waals surface area contributed by atoms with Crippen LogP contribution < -0.4 is 9.47 Å². The second-order valence-electron chi connectivity index (χ2n) is 7.90. The number of ether oxygens (including phenoxy) is 2. The third-order valence-corrected chi connectivity index (χ3v) is 5.85. The number of piperazine rings is 1. The highest BCUT2D eigenvalue weighted by Crippen LogP contribution is 2.48. The third-order valence-electron chi connectivity index (χ3n) is 5.85. The molecule has 0 aromatic heterocycles. The average Bonchev–Trinajstić information content (AvgIpc) is 3.60. The van der Waals surface area contributed by atoms with E-state index >= 15 is 0 Å². The molecule has 2 unspecified atom stereocenters.